The van der Waals surface area contributed by atoms with Crippen LogP contribution in [0.5, 0.6) is 11.5 Å². The van der Waals surface area contributed by atoms with Crippen molar-refractivity contribution >= 4 is 38.9 Å². The van der Waals surface area contributed by atoms with Gasteiger partial charge < -0.3 is 14.8 Å². The van der Waals surface area contributed by atoms with E-state index in [1.54, 1.807) is 24.3 Å². The number of carbonyl (C=O) groups excluding carboxylic acids is 1. The van der Waals surface area contributed by atoms with E-state index in [1.807, 2.05) is 0 Å². The second kappa shape index (κ2) is 8.28. The molecule has 1 aliphatic rings. The minimum Gasteiger partial charge on any atom is -0.497 e. The quantitative estimate of drug-likeness (QED) is 0.793. The number of hydrogen-bond donors (Lipinski definition) is 1. The lowest BCUT2D eigenvalue weighted by Crippen LogP contribution is -2.38. The van der Waals surface area contributed by atoms with Gasteiger partial charge in [-0.2, -0.15) is 0 Å². The molecule has 2 aromatic carbocycles. The Hall–Kier alpha value is -2.45. The zero-order chi connectivity index (χ0) is 20.3. The second-order valence-electron chi connectivity index (χ2n) is 6.28. The molecule has 7 nitrogen and oxygen atoms in total. The molecule has 1 fully saturated rings. The summed E-state index contributed by atoms with van der Waals surface area (Å²) < 4.78 is 36.5. The summed E-state index contributed by atoms with van der Waals surface area (Å²) in [5, 5.41) is 2.97. The van der Waals surface area contributed by atoms with Crippen molar-refractivity contribution in [3.8, 4) is 11.5 Å². The standard InChI is InChI=1S/C19H21ClN2O5S/c1-26-14-6-8-18(27-2)17(12-14)21-19(23)15-11-13(5-7-16(15)20)22-9-3-4-10-28(22,24)25/h5-8,11-12H,3-4,9-10H2,1-2H3,(H,21,23). The summed E-state index contributed by atoms with van der Waals surface area (Å²) >= 11 is 6.21. The van der Waals surface area contributed by atoms with E-state index in [9.17, 15) is 13.2 Å². The summed E-state index contributed by atoms with van der Waals surface area (Å²) in [6.07, 6.45) is 1.40. The number of amides is 1. The molecule has 0 radical (unpaired) electrons. The van der Waals surface area contributed by atoms with Crippen molar-refractivity contribution in [1.29, 1.82) is 0 Å². The minimum atomic E-state index is -3.39. The van der Waals surface area contributed by atoms with Crippen LogP contribution in [0.2, 0.25) is 5.02 Å². The van der Waals surface area contributed by atoms with Crippen LogP contribution >= 0.6 is 11.6 Å². The van der Waals surface area contributed by atoms with Gasteiger partial charge in [0.1, 0.15) is 11.5 Å². The van der Waals surface area contributed by atoms with Crippen molar-refractivity contribution in [2.45, 2.75) is 12.8 Å². The number of nitrogens with one attached hydrogen (secondary N) is 1. The molecule has 1 heterocycles. The molecule has 1 aliphatic heterocycles. The molecule has 0 bridgehead atoms. The highest BCUT2D eigenvalue weighted by molar-refractivity contribution is 7.92. The molecule has 1 saturated heterocycles. The van der Waals surface area contributed by atoms with Crippen molar-refractivity contribution in [3.05, 3.63) is 47.0 Å². The normalized spacial score (nSPS) is 15.8. The van der Waals surface area contributed by atoms with Crippen molar-refractivity contribution in [1.82, 2.24) is 0 Å². The maximum atomic E-state index is 12.8. The summed E-state index contributed by atoms with van der Waals surface area (Å²) in [6.45, 7) is 0.384. The lowest BCUT2D eigenvalue weighted by atomic mass is 10.1. The lowest BCUT2D eigenvalue weighted by molar-refractivity contribution is 0.102. The monoisotopic (exact) mass is 424 g/mol. The van der Waals surface area contributed by atoms with Crippen LogP contribution in [0.4, 0.5) is 11.4 Å². The van der Waals surface area contributed by atoms with E-state index in [-0.39, 0.29) is 16.3 Å². The van der Waals surface area contributed by atoms with E-state index < -0.39 is 15.9 Å². The van der Waals surface area contributed by atoms with E-state index in [0.717, 1.165) is 6.42 Å². The Kier molecular flexibility index (Phi) is 6.00. The van der Waals surface area contributed by atoms with Gasteiger partial charge in [0, 0.05) is 12.6 Å². The predicted molar refractivity (Wildman–Crippen MR) is 109 cm³/mol. The van der Waals surface area contributed by atoms with Crippen molar-refractivity contribution in [2.75, 3.05) is 36.1 Å². The number of carbonyl (C=O) groups is 1. The van der Waals surface area contributed by atoms with Crippen LogP contribution in [0, 0.1) is 0 Å². The molecule has 0 unspecified atom stereocenters. The molecule has 1 N–H and O–H groups in total. The summed E-state index contributed by atoms with van der Waals surface area (Å²) in [6, 6.07) is 9.64. The Morgan fingerprint density at radius 3 is 2.57 bits per heavy atom. The third kappa shape index (κ3) is 4.18. The lowest BCUT2D eigenvalue weighted by Gasteiger charge is -2.28. The molecular weight excluding hydrogens is 404 g/mol. The summed E-state index contributed by atoms with van der Waals surface area (Å²) in [5.74, 6) is 0.626. The SMILES string of the molecule is COc1ccc(OC)c(NC(=O)c2cc(N3CCCCS3(=O)=O)ccc2Cl)c1. The van der Waals surface area contributed by atoms with Crippen molar-refractivity contribution in [2.24, 2.45) is 0 Å². The number of hydrogen-bond acceptors (Lipinski definition) is 5. The first-order valence-corrected chi connectivity index (χ1v) is 10.7. The van der Waals surface area contributed by atoms with Gasteiger partial charge in [0.25, 0.3) is 5.91 Å². The number of rotatable bonds is 5. The summed E-state index contributed by atoms with van der Waals surface area (Å²) in [7, 11) is -0.375. The fraction of sp³-hybridized carbons (Fsp3) is 0.316. The topological polar surface area (TPSA) is 84.9 Å². The van der Waals surface area contributed by atoms with Gasteiger partial charge in [-0.1, -0.05) is 11.6 Å². The first-order chi connectivity index (χ1) is 13.4. The highest BCUT2D eigenvalue weighted by Crippen LogP contribution is 2.32. The molecule has 0 aromatic heterocycles. The number of ether oxygens (including phenoxy) is 2. The number of anilines is 2. The number of sulfonamides is 1. The first kappa shape index (κ1) is 20.3. The smallest absolute Gasteiger partial charge is 0.257 e. The number of methoxy groups -OCH3 is 2. The summed E-state index contributed by atoms with van der Waals surface area (Å²) in [4.78, 5) is 12.8. The van der Waals surface area contributed by atoms with Crippen molar-refractivity contribution < 1.29 is 22.7 Å². The molecule has 3 rings (SSSR count). The molecular formula is C19H21ClN2O5S. The van der Waals surface area contributed by atoms with E-state index in [0.29, 0.717) is 35.8 Å². The number of benzene rings is 2. The largest absolute Gasteiger partial charge is 0.497 e. The molecule has 0 aliphatic carbocycles. The van der Waals surface area contributed by atoms with Crippen LogP contribution in [0.3, 0.4) is 0 Å². The van der Waals surface area contributed by atoms with Gasteiger partial charge in [-0.15, -0.1) is 0 Å². The maximum Gasteiger partial charge on any atom is 0.257 e. The molecule has 2 aromatic rings. The molecule has 150 valence electrons. The zero-order valence-corrected chi connectivity index (χ0v) is 17.1. The van der Waals surface area contributed by atoms with Crippen LogP contribution in [0.15, 0.2) is 36.4 Å². The van der Waals surface area contributed by atoms with Gasteiger partial charge in [-0.05, 0) is 43.2 Å². The minimum absolute atomic E-state index is 0.0954. The third-order valence-corrected chi connectivity index (χ3v) is 6.69. The van der Waals surface area contributed by atoms with Crippen LogP contribution in [-0.4, -0.2) is 40.8 Å². The highest BCUT2D eigenvalue weighted by Gasteiger charge is 2.27. The number of nitrogens with zero attached hydrogens (tertiary/aromatic N) is 1. The Balaban J connectivity index is 1.92. The van der Waals surface area contributed by atoms with E-state index in [4.69, 9.17) is 21.1 Å². The maximum absolute atomic E-state index is 12.8. The van der Waals surface area contributed by atoms with Gasteiger partial charge in [0.2, 0.25) is 10.0 Å². The number of halogens is 1. The molecule has 0 saturated carbocycles. The third-order valence-electron chi connectivity index (χ3n) is 4.49. The summed E-state index contributed by atoms with van der Waals surface area (Å²) in [5.41, 5.74) is 1.01. The second-order valence-corrected chi connectivity index (χ2v) is 8.70. The highest BCUT2D eigenvalue weighted by atomic mass is 35.5. The molecule has 0 spiro atoms. The first-order valence-electron chi connectivity index (χ1n) is 8.69. The van der Waals surface area contributed by atoms with E-state index >= 15 is 0 Å². The molecule has 1 amide bonds. The Morgan fingerprint density at radius 2 is 1.89 bits per heavy atom. The average Bonchev–Trinajstić information content (AvgIpc) is 2.68. The fourth-order valence-electron chi connectivity index (χ4n) is 3.02. The van der Waals surface area contributed by atoms with Crippen LogP contribution in [-0.2, 0) is 10.0 Å². The Labute approximate surface area is 169 Å². The molecule has 0 atom stereocenters. The average molecular weight is 425 g/mol. The van der Waals surface area contributed by atoms with Crippen molar-refractivity contribution in [3.63, 3.8) is 0 Å². The van der Waals surface area contributed by atoms with Gasteiger partial charge in [0.15, 0.2) is 0 Å². The fourth-order valence-corrected chi connectivity index (χ4v) is 4.86. The van der Waals surface area contributed by atoms with Gasteiger partial charge in [-0.25, -0.2) is 8.42 Å². The van der Waals surface area contributed by atoms with Gasteiger partial charge in [0.05, 0.1) is 41.9 Å². The predicted octanol–water partition coefficient (Wildman–Crippen LogP) is 3.54. The molecule has 28 heavy (non-hydrogen) atoms. The van der Waals surface area contributed by atoms with Crippen LogP contribution < -0.4 is 19.1 Å². The Morgan fingerprint density at radius 1 is 1.11 bits per heavy atom. The van der Waals surface area contributed by atoms with Gasteiger partial charge >= 0.3 is 0 Å². The van der Waals surface area contributed by atoms with E-state index in [1.165, 1.54) is 30.7 Å². The zero-order valence-electron chi connectivity index (χ0n) is 15.6. The van der Waals surface area contributed by atoms with E-state index in [2.05, 4.69) is 5.32 Å². The Bertz CT molecular complexity index is 994. The molecule has 9 heteroatoms. The van der Waals surface area contributed by atoms with Crippen LogP contribution in [0.25, 0.3) is 0 Å². The van der Waals surface area contributed by atoms with Gasteiger partial charge in [-0.3, -0.25) is 9.10 Å². The van der Waals surface area contributed by atoms with Crippen LogP contribution in [0.1, 0.15) is 23.2 Å².